The molecule has 2 heterocycles. The van der Waals surface area contributed by atoms with Crippen LogP contribution in [0.15, 0.2) is 42.6 Å². The molecule has 128 valence electrons. The third kappa shape index (κ3) is 3.80. The lowest BCUT2D eigenvalue weighted by Crippen LogP contribution is -2.49. The number of piperazine rings is 1. The van der Waals surface area contributed by atoms with Crippen LogP contribution in [0, 0.1) is 0 Å². The molecule has 0 bridgehead atoms. The lowest BCUT2D eigenvalue weighted by Gasteiger charge is -2.35. The highest BCUT2D eigenvalue weighted by atomic mass is 35.5. The highest BCUT2D eigenvalue weighted by Gasteiger charge is 2.25. The van der Waals surface area contributed by atoms with E-state index in [0.29, 0.717) is 30.4 Å². The van der Waals surface area contributed by atoms with Crippen LogP contribution in [0.2, 0.25) is 5.02 Å². The van der Waals surface area contributed by atoms with Crippen molar-refractivity contribution in [2.75, 3.05) is 32.7 Å². The van der Waals surface area contributed by atoms with E-state index < -0.39 is 6.10 Å². The molecule has 1 aromatic carbocycles. The minimum absolute atomic E-state index is 0.00709. The predicted molar refractivity (Wildman–Crippen MR) is 94.2 cm³/mol. The van der Waals surface area contributed by atoms with Gasteiger partial charge in [-0.05, 0) is 11.6 Å². The SMILES string of the molecule is Cn1cc(Cl)cc1C(=O)N1CCN(CC(O)c2ccccc2)CC1. The second-order valence-corrected chi connectivity index (χ2v) is 6.61. The summed E-state index contributed by atoms with van der Waals surface area (Å²) in [4.78, 5) is 16.6. The van der Waals surface area contributed by atoms with E-state index in [1.165, 1.54) is 0 Å². The molecule has 0 spiro atoms. The fraction of sp³-hybridized carbons (Fsp3) is 0.389. The van der Waals surface area contributed by atoms with Gasteiger partial charge in [0.15, 0.2) is 0 Å². The number of β-amino-alcohol motifs (C(OH)–C–C–N with tert-alkyl or cyclic N) is 1. The van der Waals surface area contributed by atoms with Gasteiger partial charge in [-0.25, -0.2) is 0 Å². The van der Waals surface area contributed by atoms with Gasteiger partial charge in [0, 0.05) is 46.0 Å². The van der Waals surface area contributed by atoms with Crippen LogP contribution >= 0.6 is 11.6 Å². The highest BCUT2D eigenvalue weighted by molar-refractivity contribution is 6.31. The van der Waals surface area contributed by atoms with Gasteiger partial charge in [-0.15, -0.1) is 0 Å². The molecule has 0 aliphatic carbocycles. The number of aryl methyl sites for hydroxylation is 1. The molecular weight excluding hydrogens is 326 g/mol. The maximum atomic E-state index is 12.6. The molecule has 5 nitrogen and oxygen atoms in total. The van der Waals surface area contributed by atoms with Gasteiger partial charge in [0.2, 0.25) is 0 Å². The average molecular weight is 348 g/mol. The van der Waals surface area contributed by atoms with Gasteiger partial charge in [0.25, 0.3) is 5.91 Å². The summed E-state index contributed by atoms with van der Waals surface area (Å²) in [5.74, 6) is 0.00709. The van der Waals surface area contributed by atoms with Crippen LogP contribution in [0.25, 0.3) is 0 Å². The van der Waals surface area contributed by atoms with Gasteiger partial charge in [-0.1, -0.05) is 41.9 Å². The number of aromatic nitrogens is 1. The summed E-state index contributed by atoms with van der Waals surface area (Å²) in [5, 5.41) is 10.9. The van der Waals surface area contributed by atoms with Gasteiger partial charge in [0.1, 0.15) is 5.69 Å². The molecule has 2 aromatic rings. The van der Waals surface area contributed by atoms with Crippen molar-refractivity contribution in [2.24, 2.45) is 7.05 Å². The number of rotatable bonds is 4. The number of carbonyl (C=O) groups excluding carboxylic acids is 1. The summed E-state index contributed by atoms with van der Waals surface area (Å²) in [6, 6.07) is 11.4. The molecule has 1 amide bonds. The molecule has 24 heavy (non-hydrogen) atoms. The van der Waals surface area contributed by atoms with Gasteiger partial charge < -0.3 is 14.6 Å². The zero-order valence-corrected chi connectivity index (χ0v) is 14.5. The van der Waals surface area contributed by atoms with E-state index in [4.69, 9.17) is 11.6 Å². The Morgan fingerprint density at radius 2 is 1.88 bits per heavy atom. The van der Waals surface area contributed by atoms with Crippen LogP contribution in [-0.4, -0.2) is 58.1 Å². The van der Waals surface area contributed by atoms with E-state index in [1.54, 1.807) is 16.8 Å². The molecule has 1 aromatic heterocycles. The Morgan fingerprint density at radius 1 is 1.21 bits per heavy atom. The highest BCUT2D eigenvalue weighted by Crippen LogP contribution is 2.18. The normalized spacial score (nSPS) is 17.0. The summed E-state index contributed by atoms with van der Waals surface area (Å²) in [5.41, 5.74) is 1.53. The molecule has 0 radical (unpaired) electrons. The molecule has 1 saturated heterocycles. The largest absolute Gasteiger partial charge is 0.387 e. The Hall–Kier alpha value is -1.82. The first-order valence-corrected chi connectivity index (χ1v) is 8.49. The molecule has 1 N–H and O–H groups in total. The van der Waals surface area contributed by atoms with E-state index in [9.17, 15) is 9.90 Å². The first kappa shape index (κ1) is 17.0. The standard InChI is InChI=1S/C18H22ClN3O2/c1-20-12-15(19)11-16(20)18(24)22-9-7-21(8-10-22)13-17(23)14-5-3-2-4-6-14/h2-6,11-12,17,23H,7-10,13H2,1H3. The number of halogens is 1. The Bertz CT molecular complexity index is 694. The Labute approximate surface area is 147 Å². The third-order valence-electron chi connectivity index (χ3n) is 4.47. The molecule has 0 saturated carbocycles. The number of amides is 1. The lowest BCUT2D eigenvalue weighted by molar-refractivity contribution is 0.0520. The Morgan fingerprint density at radius 3 is 2.46 bits per heavy atom. The van der Waals surface area contributed by atoms with Gasteiger partial charge in [0.05, 0.1) is 11.1 Å². The molecule has 1 aliphatic heterocycles. The number of nitrogens with zero attached hydrogens (tertiary/aromatic N) is 3. The number of aliphatic hydroxyl groups excluding tert-OH is 1. The first-order valence-electron chi connectivity index (χ1n) is 8.11. The Balaban J connectivity index is 1.54. The first-order chi connectivity index (χ1) is 11.5. The van der Waals surface area contributed by atoms with Crippen LogP contribution in [-0.2, 0) is 7.05 Å². The van der Waals surface area contributed by atoms with Crippen molar-refractivity contribution < 1.29 is 9.90 Å². The van der Waals surface area contributed by atoms with E-state index in [-0.39, 0.29) is 5.91 Å². The van der Waals surface area contributed by atoms with Gasteiger partial charge in [-0.2, -0.15) is 0 Å². The van der Waals surface area contributed by atoms with E-state index >= 15 is 0 Å². The summed E-state index contributed by atoms with van der Waals surface area (Å²) in [7, 11) is 1.82. The van der Waals surface area contributed by atoms with Crippen LogP contribution in [0.5, 0.6) is 0 Å². The fourth-order valence-electron chi connectivity index (χ4n) is 3.06. The molecule has 1 fully saturated rings. The number of carbonyl (C=O) groups is 1. The van der Waals surface area contributed by atoms with Crippen molar-refractivity contribution in [1.82, 2.24) is 14.4 Å². The second kappa shape index (κ2) is 7.38. The zero-order chi connectivity index (χ0) is 17.1. The number of benzene rings is 1. The monoisotopic (exact) mass is 347 g/mol. The van der Waals surface area contributed by atoms with Crippen molar-refractivity contribution >= 4 is 17.5 Å². The van der Waals surface area contributed by atoms with Crippen LogP contribution in [0.1, 0.15) is 22.2 Å². The third-order valence-corrected chi connectivity index (χ3v) is 4.67. The number of hydrogen-bond donors (Lipinski definition) is 1. The van der Waals surface area contributed by atoms with Crippen molar-refractivity contribution in [3.63, 3.8) is 0 Å². The molecule has 1 unspecified atom stereocenters. The van der Waals surface area contributed by atoms with Crippen molar-refractivity contribution in [3.05, 3.63) is 58.9 Å². The Kier molecular flexibility index (Phi) is 5.23. The van der Waals surface area contributed by atoms with E-state index in [0.717, 1.165) is 18.7 Å². The molecular formula is C18H22ClN3O2. The van der Waals surface area contributed by atoms with Crippen molar-refractivity contribution in [3.8, 4) is 0 Å². The molecule has 6 heteroatoms. The summed E-state index contributed by atoms with van der Waals surface area (Å²) >= 11 is 5.96. The zero-order valence-electron chi connectivity index (χ0n) is 13.7. The second-order valence-electron chi connectivity index (χ2n) is 6.17. The molecule has 1 atom stereocenters. The van der Waals surface area contributed by atoms with Crippen LogP contribution in [0.3, 0.4) is 0 Å². The van der Waals surface area contributed by atoms with Crippen molar-refractivity contribution in [1.29, 1.82) is 0 Å². The van der Waals surface area contributed by atoms with Gasteiger partial charge in [-0.3, -0.25) is 9.69 Å². The topological polar surface area (TPSA) is 48.7 Å². The number of hydrogen-bond acceptors (Lipinski definition) is 3. The molecule has 3 rings (SSSR count). The van der Waals surface area contributed by atoms with Crippen LogP contribution < -0.4 is 0 Å². The maximum Gasteiger partial charge on any atom is 0.270 e. The minimum Gasteiger partial charge on any atom is -0.387 e. The summed E-state index contributed by atoms with van der Waals surface area (Å²) in [6.45, 7) is 3.41. The molecule has 1 aliphatic rings. The maximum absolute atomic E-state index is 12.6. The van der Waals surface area contributed by atoms with Crippen molar-refractivity contribution in [2.45, 2.75) is 6.10 Å². The van der Waals surface area contributed by atoms with Crippen LogP contribution in [0.4, 0.5) is 0 Å². The number of aliphatic hydroxyl groups is 1. The quantitative estimate of drug-likeness (QED) is 0.922. The predicted octanol–water partition coefficient (Wildman–Crippen LogP) is 2.17. The van der Waals surface area contributed by atoms with E-state index in [2.05, 4.69) is 4.90 Å². The smallest absolute Gasteiger partial charge is 0.270 e. The van der Waals surface area contributed by atoms with E-state index in [1.807, 2.05) is 42.3 Å². The lowest BCUT2D eigenvalue weighted by atomic mass is 10.1. The van der Waals surface area contributed by atoms with Gasteiger partial charge >= 0.3 is 0 Å². The fourth-order valence-corrected chi connectivity index (χ4v) is 3.31. The summed E-state index contributed by atoms with van der Waals surface area (Å²) < 4.78 is 1.76. The summed E-state index contributed by atoms with van der Waals surface area (Å²) in [6.07, 6.45) is 1.24. The minimum atomic E-state index is -0.500. The average Bonchev–Trinajstić information content (AvgIpc) is 2.94.